The molecule has 0 atom stereocenters. The van der Waals surface area contributed by atoms with Crippen LogP contribution in [0.25, 0.3) is 10.8 Å². The van der Waals surface area contributed by atoms with Gasteiger partial charge < -0.3 is 11.1 Å². The number of amides is 1. The first kappa shape index (κ1) is 11.9. The number of hydrogen-bond acceptors (Lipinski definition) is 3. The maximum Gasteiger partial charge on any atom is 0.219 e. The molecular formula is C14H13N3O. The number of hydrogen-bond donors (Lipinski definition) is 2. The minimum Gasteiger partial charge on any atom is -0.384 e. The number of primary amides is 1. The molecule has 2 aromatic rings. The Balaban J connectivity index is 2.35. The summed E-state index contributed by atoms with van der Waals surface area (Å²) in [5.41, 5.74) is 6.65. The minimum absolute atomic E-state index is 0.286. The van der Waals surface area contributed by atoms with Crippen LogP contribution in [-0.2, 0) is 4.79 Å². The number of fused-ring (bicyclic) bond motifs is 1. The van der Waals surface area contributed by atoms with Crippen molar-refractivity contribution >= 4 is 22.4 Å². The Hall–Kier alpha value is -2.54. The van der Waals surface area contributed by atoms with E-state index in [1.54, 1.807) is 6.07 Å². The molecule has 0 bridgehead atoms. The molecule has 0 aliphatic rings. The van der Waals surface area contributed by atoms with Crippen molar-refractivity contribution in [3.05, 3.63) is 42.0 Å². The first-order valence-corrected chi connectivity index (χ1v) is 5.66. The molecule has 2 aromatic carbocycles. The van der Waals surface area contributed by atoms with Crippen molar-refractivity contribution in [2.24, 2.45) is 5.73 Å². The lowest BCUT2D eigenvalue weighted by Crippen LogP contribution is -2.15. The number of nitrogens with zero attached hydrogens (tertiary/aromatic N) is 1. The van der Waals surface area contributed by atoms with E-state index in [0.29, 0.717) is 12.1 Å². The van der Waals surface area contributed by atoms with Crippen LogP contribution in [0.15, 0.2) is 36.4 Å². The lowest BCUT2D eigenvalue weighted by molar-refractivity contribution is -0.117. The van der Waals surface area contributed by atoms with E-state index in [2.05, 4.69) is 11.4 Å². The molecule has 0 saturated heterocycles. The molecule has 18 heavy (non-hydrogen) atoms. The normalized spacial score (nSPS) is 9.94. The van der Waals surface area contributed by atoms with E-state index in [0.717, 1.165) is 16.5 Å². The number of rotatable bonds is 4. The van der Waals surface area contributed by atoms with E-state index in [1.807, 2.05) is 30.3 Å². The van der Waals surface area contributed by atoms with Crippen LogP contribution < -0.4 is 11.1 Å². The van der Waals surface area contributed by atoms with Crippen molar-refractivity contribution in [3.63, 3.8) is 0 Å². The Morgan fingerprint density at radius 2 is 1.94 bits per heavy atom. The van der Waals surface area contributed by atoms with E-state index in [-0.39, 0.29) is 12.3 Å². The largest absolute Gasteiger partial charge is 0.384 e. The number of carbonyl (C=O) groups is 1. The Bertz CT molecular complexity index is 628. The molecular weight excluding hydrogens is 226 g/mol. The highest BCUT2D eigenvalue weighted by Crippen LogP contribution is 2.26. The van der Waals surface area contributed by atoms with Crippen LogP contribution in [0.2, 0.25) is 0 Å². The second-order valence-electron chi connectivity index (χ2n) is 3.96. The molecule has 0 unspecified atom stereocenters. The van der Waals surface area contributed by atoms with Crippen LogP contribution in [0.5, 0.6) is 0 Å². The summed E-state index contributed by atoms with van der Waals surface area (Å²) in [6, 6.07) is 13.5. The molecule has 0 heterocycles. The van der Waals surface area contributed by atoms with Crippen molar-refractivity contribution < 1.29 is 4.79 Å². The first-order valence-electron chi connectivity index (χ1n) is 5.66. The third-order valence-corrected chi connectivity index (χ3v) is 2.73. The summed E-state index contributed by atoms with van der Waals surface area (Å²) in [6.45, 7) is 0.491. The summed E-state index contributed by atoms with van der Waals surface area (Å²) in [4.78, 5) is 10.7. The van der Waals surface area contributed by atoms with Gasteiger partial charge in [0.15, 0.2) is 0 Å². The molecule has 3 N–H and O–H groups in total. The third-order valence-electron chi connectivity index (χ3n) is 2.73. The Morgan fingerprint density at radius 1 is 1.22 bits per heavy atom. The maximum absolute atomic E-state index is 10.7. The highest BCUT2D eigenvalue weighted by Gasteiger charge is 2.05. The summed E-state index contributed by atoms with van der Waals surface area (Å²) in [7, 11) is 0. The van der Waals surface area contributed by atoms with Gasteiger partial charge >= 0.3 is 0 Å². The molecule has 0 aromatic heterocycles. The van der Waals surface area contributed by atoms with Gasteiger partial charge in [0.25, 0.3) is 0 Å². The molecule has 0 radical (unpaired) electrons. The van der Waals surface area contributed by atoms with Crippen molar-refractivity contribution in [2.45, 2.75) is 6.42 Å². The summed E-state index contributed by atoms with van der Waals surface area (Å²) >= 11 is 0. The average Bonchev–Trinajstić information content (AvgIpc) is 2.38. The fourth-order valence-corrected chi connectivity index (χ4v) is 1.87. The summed E-state index contributed by atoms with van der Waals surface area (Å²) in [5, 5.41) is 14.1. The van der Waals surface area contributed by atoms with Gasteiger partial charge in [-0.25, -0.2) is 0 Å². The molecule has 4 nitrogen and oxygen atoms in total. The standard InChI is InChI=1S/C14H13N3O/c15-9-10-5-6-13(17-8-7-14(16)18)12-4-2-1-3-11(10)12/h1-6,17H,7-8H2,(H2,16,18). The van der Waals surface area contributed by atoms with Crippen LogP contribution in [0.3, 0.4) is 0 Å². The molecule has 0 aliphatic carbocycles. The van der Waals surface area contributed by atoms with Crippen LogP contribution in [0, 0.1) is 11.3 Å². The molecule has 1 amide bonds. The van der Waals surface area contributed by atoms with E-state index >= 15 is 0 Å². The van der Waals surface area contributed by atoms with Crippen molar-refractivity contribution in [2.75, 3.05) is 11.9 Å². The topological polar surface area (TPSA) is 78.9 Å². The number of anilines is 1. The van der Waals surface area contributed by atoms with Gasteiger partial charge in [-0.2, -0.15) is 5.26 Å². The Kier molecular flexibility index (Phi) is 3.44. The van der Waals surface area contributed by atoms with Crippen molar-refractivity contribution in [1.82, 2.24) is 0 Å². The summed E-state index contributed by atoms with van der Waals surface area (Å²) in [6.07, 6.45) is 0.286. The molecule has 0 fully saturated rings. The van der Waals surface area contributed by atoms with Crippen molar-refractivity contribution in [3.8, 4) is 6.07 Å². The third kappa shape index (κ3) is 2.41. The smallest absolute Gasteiger partial charge is 0.219 e. The van der Waals surface area contributed by atoms with Gasteiger partial charge in [-0.3, -0.25) is 4.79 Å². The van der Waals surface area contributed by atoms with Gasteiger partial charge in [0, 0.05) is 29.4 Å². The summed E-state index contributed by atoms with van der Waals surface area (Å²) < 4.78 is 0. The minimum atomic E-state index is -0.333. The Morgan fingerprint density at radius 3 is 2.61 bits per heavy atom. The predicted molar refractivity (Wildman–Crippen MR) is 71.0 cm³/mol. The van der Waals surface area contributed by atoms with Gasteiger partial charge in [0.2, 0.25) is 5.91 Å². The fourth-order valence-electron chi connectivity index (χ4n) is 1.87. The number of benzene rings is 2. The van der Waals surface area contributed by atoms with Crippen LogP contribution in [0.1, 0.15) is 12.0 Å². The quantitative estimate of drug-likeness (QED) is 0.856. The average molecular weight is 239 g/mol. The summed E-state index contributed by atoms with van der Waals surface area (Å²) in [5.74, 6) is -0.333. The first-order chi connectivity index (χ1) is 8.72. The fraction of sp³-hybridized carbons (Fsp3) is 0.143. The van der Waals surface area contributed by atoms with Crippen molar-refractivity contribution in [1.29, 1.82) is 5.26 Å². The van der Waals surface area contributed by atoms with Crippen LogP contribution in [0.4, 0.5) is 5.69 Å². The number of nitriles is 1. The molecule has 0 spiro atoms. The molecule has 4 heteroatoms. The van der Waals surface area contributed by atoms with Crippen LogP contribution >= 0.6 is 0 Å². The van der Waals surface area contributed by atoms with Crippen LogP contribution in [-0.4, -0.2) is 12.5 Å². The van der Waals surface area contributed by atoms with Gasteiger partial charge in [0.05, 0.1) is 11.6 Å². The van der Waals surface area contributed by atoms with E-state index in [4.69, 9.17) is 11.0 Å². The number of nitrogens with two attached hydrogens (primary N) is 1. The zero-order valence-electron chi connectivity index (χ0n) is 9.81. The van der Waals surface area contributed by atoms with Gasteiger partial charge in [-0.15, -0.1) is 0 Å². The molecule has 2 rings (SSSR count). The predicted octanol–water partition coefficient (Wildman–Crippen LogP) is 2.00. The van der Waals surface area contributed by atoms with E-state index in [9.17, 15) is 4.79 Å². The van der Waals surface area contributed by atoms with E-state index in [1.165, 1.54) is 0 Å². The lowest BCUT2D eigenvalue weighted by atomic mass is 10.0. The number of carbonyl (C=O) groups excluding carboxylic acids is 1. The highest BCUT2D eigenvalue weighted by molar-refractivity contribution is 5.97. The van der Waals surface area contributed by atoms with Gasteiger partial charge in [0.1, 0.15) is 0 Å². The molecule has 0 aliphatic heterocycles. The van der Waals surface area contributed by atoms with E-state index < -0.39 is 0 Å². The number of nitrogens with one attached hydrogen (secondary N) is 1. The zero-order valence-corrected chi connectivity index (χ0v) is 9.81. The van der Waals surface area contributed by atoms with Gasteiger partial charge in [-0.05, 0) is 12.1 Å². The maximum atomic E-state index is 10.7. The second-order valence-corrected chi connectivity index (χ2v) is 3.96. The molecule has 90 valence electrons. The second kappa shape index (κ2) is 5.19. The lowest BCUT2D eigenvalue weighted by Gasteiger charge is -2.09. The zero-order chi connectivity index (χ0) is 13.0. The Labute approximate surface area is 105 Å². The molecule has 0 saturated carbocycles. The van der Waals surface area contributed by atoms with Gasteiger partial charge in [-0.1, -0.05) is 24.3 Å². The monoisotopic (exact) mass is 239 g/mol. The highest BCUT2D eigenvalue weighted by atomic mass is 16.1. The SMILES string of the molecule is N#Cc1ccc(NCCC(N)=O)c2ccccc12.